The molecule has 1 fully saturated rings. The third kappa shape index (κ3) is 3.14. The van der Waals surface area contributed by atoms with Gasteiger partial charge in [0.25, 0.3) is 0 Å². The Kier molecular flexibility index (Phi) is 4.28. The zero-order chi connectivity index (χ0) is 14.1. The molecule has 18 heavy (non-hydrogen) atoms. The molecule has 106 valence electrons. The first-order valence-electron chi connectivity index (χ1n) is 6.50. The van der Waals surface area contributed by atoms with Crippen LogP contribution in [0.15, 0.2) is 0 Å². The third-order valence-corrected chi connectivity index (χ3v) is 3.67. The van der Waals surface area contributed by atoms with Crippen molar-refractivity contribution >= 4 is 6.09 Å². The lowest BCUT2D eigenvalue weighted by Crippen LogP contribution is -2.61. The van der Waals surface area contributed by atoms with Crippen LogP contribution < -0.4 is 5.73 Å². The van der Waals surface area contributed by atoms with Gasteiger partial charge in [-0.2, -0.15) is 0 Å². The second kappa shape index (κ2) is 5.05. The van der Waals surface area contributed by atoms with Gasteiger partial charge in [0.15, 0.2) is 0 Å². The molecule has 1 amide bonds. The number of amides is 1. The van der Waals surface area contributed by atoms with Crippen LogP contribution in [0.3, 0.4) is 0 Å². The Morgan fingerprint density at radius 2 is 1.83 bits per heavy atom. The Morgan fingerprint density at radius 1 is 1.39 bits per heavy atom. The van der Waals surface area contributed by atoms with Crippen molar-refractivity contribution in [1.29, 1.82) is 0 Å². The van der Waals surface area contributed by atoms with Gasteiger partial charge in [0, 0.05) is 31.5 Å². The zero-order valence-corrected chi connectivity index (χ0v) is 12.1. The molecular formula is C13H26N2O3. The van der Waals surface area contributed by atoms with Gasteiger partial charge in [0.05, 0.1) is 5.60 Å². The van der Waals surface area contributed by atoms with Crippen molar-refractivity contribution in [2.75, 3.05) is 19.6 Å². The number of ether oxygens (including phenoxy) is 1. The monoisotopic (exact) mass is 258 g/mol. The van der Waals surface area contributed by atoms with Gasteiger partial charge >= 0.3 is 6.09 Å². The van der Waals surface area contributed by atoms with Crippen LogP contribution in [0.5, 0.6) is 0 Å². The first-order chi connectivity index (χ1) is 8.10. The Balaban J connectivity index is 2.72. The maximum absolute atomic E-state index is 12.0. The summed E-state index contributed by atoms with van der Waals surface area (Å²) in [4.78, 5) is 13.7. The highest BCUT2D eigenvalue weighted by molar-refractivity contribution is 5.68. The standard InChI is InChI=1S/C13H26N2O3/c1-9-6-15(11(16)18-12(3,4)5)7-10(2)13(9,17)8-14/h9-10,17H,6-8,14H2,1-5H3. The van der Waals surface area contributed by atoms with Crippen molar-refractivity contribution in [3.8, 4) is 0 Å². The third-order valence-electron chi connectivity index (χ3n) is 3.67. The molecule has 1 aliphatic heterocycles. The predicted octanol–water partition coefficient (Wildman–Crippen LogP) is 1.20. The summed E-state index contributed by atoms with van der Waals surface area (Å²) in [6.45, 7) is 10.5. The van der Waals surface area contributed by atoms with Crippen molar-refractivity contribution < 1.29 is 14.6 Å². The Morgan fingerprint density at radius 3 is 2.17 bits per heavy atom. The van der Waals surface area contributed by atoms with E-state index in [1.807, 2.05) is 34.6 Å². The molecular weight excluding hydrogens is 232 g/mol. The smallest absolute Gasteiger partial charge is 0.410 e. The predicted molar refractivity (Wildman–Crippen MR) is 70.1 cm³/mol. The Labute approximate surface area is 109 Å². The summed E-state index contributed by atoms with van der Waals surface area (Å²) in [5, 5.41) is 10.4. The number of carbonyl (C=O) groups is 1. The molecule has 0 radical (unpaired) electrons. The molecule has 0 aromatic carbocycles. The maximum Gasteiger partial charge on any atom is 0.410 e. The van der Waals surface area contributed by atoms with Gasteiger partial charge in [-0.15, -0.1) is 0 Å². The fraction of sp³-hybridized carbons (Fsp3) is 0.923. The lowest BCUT2D eigenvalue weighted by molar-refractivity contribution is -0.0980. The van der Waals surface area contributed by atoms with Crippen molar-refractivity contribution in [3.05, 3.63) is 0 Å². The van der Waals surface area contributed by atoms with Gasteiger partial charge < -0.3 is 20.5 Å². The highest BCUT2D eigenvalue weighted by Crippen LogP contribution is 2.32. The summed E-state index contributed by atoms with van der Waals surface area (Å²) in [7, 11) is 0. The van der Waals surface area contributed by atoms with E-state index in [-0.39, 0.29) is 24.5 Å². The number of aliphatic hydroxyl groups is 1. The van der Waals surface area contributed by atoms with E-state index in [1.165, 1.54) is 0 Å². The van der Waals surface area contributed by atoms with Gasteiger partial charge in [-0.3, -0.25) is 0 Å². The highest BCUT2D eigenvalue weighted by Gasteiger charge is 2.45. The van der Waals surface area contributed by atoms with E-state index in [9.17, 15) is 9.90 Å². The minimum Gasteiger partial charge on any atom is -0.444 e. The van der Waals surface area contributed by atoms with E-state index < -0.39 is 11.2 Å². The molecule has 0 bridgehead atoms. The number of nitrogens with zero attached hydrogens (tertiary/aromatic N) is 1. The number of nitrogens with two attached hydrogens (primary N) is 1. The minimum atomic E-state index is -0.890. The summed E-state index contributed by atoms with van der Waals surface area (Å²) < 4.78 is 5.35. The SMILES string of the molecule is CC1CN(C(=O)OC(C)(C)C)CC(C)C1(O)CN. The van der Waals surface area contributed by atoms with Crippen LogP contribution in [0.4, 0.5) is 4.79 Å². The molecule has 2 atom stereocenters. The van der Waals surface area contributed by atoms with Crippen LogP contribution in [0, 0.1) is 11.8 Å². The van der Waals surface area contributed by atoms with Gasteiger partial charge in [-0.25, -0.2) is 4.79 Å². The second-order valence-corrected chi connectivity index (χ2v) is 6.38. The van der Waals surface area contributed by atoms with Gasteiger partial charge in [-0.1, -0.05) is 13.8 Å². The fourth-order valence-electron chi connectivity index (χ4n) is 2.42. The van der Waals surface area contributed by atoms with Crippen LogP contribution >= 0.6 is 0 Å². The van der Waals surface area contributed by atoms with E-state index in [2.05, 4.69) is 0 Å². The van der Waals surface area contributed by atoms with Crippen molar-refractivity contribution in [3.63, 3.8) is 0 Å². The summed E-state index contributed by atoms with van der Waals surface area (Å²) in [5.41, 5.74) is 4.27. The lowest BCUT2D eigenvalue weighted by Gasteiger charge is -2.47. The summed E-state index contributed by atoms with van der Waals surface area (Å²) >= 11 is 0. The van der Waals surface area contributed by atoms with E-state index in [0.29, 0.717) is 13.1 Å². The van der Waals surface area contributed by atoms with Crippen LogP contribution in [-0.2, 0) is 4.74 Å². The number of rotatable bonds is 1. The molecule has 0 aliphatic carbocycles. The quantitative estimate of drug-likeness (QED) is 0.741. The molecule has 3 N–H and O–H groups in total. The molecule has 1 heterocycles. The molecule has 2 unspecified atom stereocenters. The Bertz CT molecular complexity index is 300. The van der Waals surface area contributed by atoms with E-state index in [0.717, 1.165) is 0 Å². The molecule has 1 aliphatic rings. The van der Waals surface area contributed by atoms with E-state index in [1.54, 1.807) is 4.90 Å². The van der Waals surface area contributed by atoms with Crippen molar-refractivity contribution in [2.45, 2.75) is 45.8 Å². The average Bonchev–Trinajstić information content (AvgIpc) is 2.22. The number of hydrogen-bond acceptors (Lipinski definition) is 4. The molecule has 0 aromatic rings. The van der Waals surface area contributed by atoms with Gasteiger partial charge in [0.1, 0.15) is 5.60 Å². The number of piperidine rings is 1. The summed E-state index contributed by atoms with van der Waals surface area (Å²) in [6, 6.07) is 0. The number of likely N-dealkylation sites (tertiary alicyclic amines) is 1. The minimum absolute atomic E-state index is 0.0567. The largest absolute Gasteiger partial charge is 0.444 e. The molecule has 5 heteroatoms. The molecule has 0 saturated carbocycles. The first kappa shape index (κ1) is 15.2. The van der Waals surface area contributed by atoms with Crippen LogP contribution in [0.2, 0.25) is 0 Å². The average molecular weight is 258 g/mol. The fourth-order valence-corrected chi connectivity index (χ4v) is 2.42. The van der Waals surface area contributed by atoms with Crippen molar-refractivity contribution in [1.82, 2.24) is 4.90 Å². The first-order valence-corrected chi connectivity index (χ1v) is 6.50. The Hall–Kier alpha value is -0.810. The normalized spacial score (nSPS) is 33.4. The highest BCUT2D eigenvalue weighted by atomic mass is 16.6. The van der Waals surface area contributed by atoms with Crippen LogP contribution in [-0.4, -0.2) is 46.9 Å². The van der Waals surface area contributed by atoms with E-state index >= 15 is 0 Å². The maximum atomic E-state index is 12.0. The van der Waals surface area contributed by atoms with E-state index in [4.69, 9.17) is 10.5 Å². The van der Waals surface area contributed by atoms with Crippen LogP contribution in [0.25, 0.3) is 0 Å². The zero-order valence-electron chi connectivity index (χ0n) is 12.1. The van der Waals surface area contributed by atoms with Gasteiger partial charge in [0.2, 0.25) is 0 Å². The number of carbonyl (C=O) groups excluding carboxylic acids is 1. The summed E-state index contributed by atoms with van der Waals surface area (Å²) in [6.07, 6.45) is -0.319. The van der Waals surface area contributed by atoms with Gasteiger partial charge in [-0.05, 0) is 20.8 Å². The lowest BCUT2D eigenvalue weighted by atomic mass is 9.75. The topological polar surface area (TPSA) is 75.8 Å². The second-order valence-electron chi connectivity index (χ2n) is 6.38. The van der Waals surface area contributed by atoms with Crippen LogP contribution in [0.1, 0.15) is 34.6 Å². The molecule has 1 saturated heterocycles. The molecule has 0 spiro atoms. The molecule has 1 rings (SSSR count). The van der Waals surface area contributed by atoms with Crippen molar-refractivity contribution in [2.24, 2.45) is 17.6 Å². The molecule has 0 aromatic heterocycles. The molecule has 5 nitrogen and oxygen atoms in total. The number of hydrogen-bond donors (Lipinski definition) is 2. The summed E-state index contributed by atoms with van der Waals surface area (Å²) in [5.74, 6) is -0.113.